The molecular weight excluding hydrogens is 222 g/mol. The Bertz CT molecular complexity index is 176. The van der Waals surface area contributed by atoms with Crippen LogP contribution in [0.2, 0.25) is 0 Å². The molecule has 17 heavy (non-hydrogen) atoms. The van der Waals surface area contributed by atoms with Crippen molar-refractivity contribution in [3.8, 4) is 0 Å². The number of rotatable bonds is 11. The van der Waals surface area contributed by atoms with Gasteiger partial charge in [0.25, 0.3) is 0 Å². The van der Waals surface area contributed by atoms with Crippen LogP contribution in [0, 0.1) is 0 Å². The van der Waals surface area contributed by atoms with Crippen molar-refractivity contribution in [3.05, 3.63) is 0 Å². The zero-order valence-corrected chi connectivity index (χ0v) is 11.2. The number of aliphatic hydroxyl groups is 2. The van der Waals surface area contributed by atoms with E-state index in [4.69, 9.17) is 14.6 Å². The Kier molecular flexibility index (Phi) is 9.68. The summed E-state index contributed by atoms with van der Waals surface area (Å²) in [5, 5.41) is 21.7. The van der Waals surface area contributed by atoms with Crippen LogP contribution in [0.4, 0.5) is 0 Å². The molecule has 0 aromatic carbocycles. The van der Waals surface area contributed by atoms with E-state index in [0.29, 0.717) is 39.4 Å². The predicted molar refractivity (Wildman–Crippen MR) is 67.1 cm³/mol. The molecule has 104 valence electrons. The summed E-state index contributed by atoms with van der Waals surface area (Å²) in [6.07, 6.45) is 0.125. The van der Waals surface area contributed by atoms with Crippen molar-refractivity contribution in [1.82, 2.24) is 5.32 Å². The minimum atomic E-state index is -0.533. The average molecular weight is 249 g/mol. The first kappa shape index (κ1) is 16.8. The number of nitrogens with one attached hydrogen (secondary N) is 1. The van der Waals surface area contributed by atoms with E-state index in [2.05, 4.69) is 5.32 Å². The van der Waals surface area contributed by atoms with Gasteiger partial charge < -0.3 is 25.0 Å². The van der Waals surface area contributed by atoms with Crippen LogP contribution in [0.15, 0.2) is 0 Å². The molecule has 1 unspecified atom stereocenters. The van der Waals surface area contributed by atoms with Gasteiger partial charge in [-0.15, -0.1) is 0 Å². The Hall–Kier alpha value is -0.200. The molecule has 0 aromatic rings. The van der Waals surface area contributed by atoms with E-state index in [-0.39, 0.29) is 12.1 Å². The molecule has 0 fully saturated rings. The van der Waals surface area contributed by atoms with Crippen LogP contribution in [0.5, 0.6) is 0 Å². The Labute approximate surface area is 104 Å². The van der Waals surface area contributed by atoms with E-state index >= 15 is 0 Å². The van der Waals surface area contributed by atoms with Crippen molar-refractivity contribution in [3.63, 3.8) is 0 Å². The summed E-state index contributed by atoms with van der Waals surface area (Å²) in [6, 6.07) is 0. The van der Waals surface area contributed by atoms with Crippen molar-refractivity contribution in [2.45, 2.75) is 38.8 Å². The summed E-state index contributed by atoms with van der Waals surface area (Å²) in [5.41, 5.74) is -0.166. The molecule has 3 N–H and O–H groups in total. The van der Waals surface area contributed by atoms with Gasteiger partial charge in [-0.2, -0.15) is 0 Å². The molecule has 1 atom stereocenters. The molecule has 5 heteroatoms. The second-order valence-electron chi connectivity index (χ2n) is 4.66. The van der Waals surface area contributed by atoms with Gasteiger partial charge in [-0.05, 0) is 27.2 Å². The lowest BCUT2D eigenvalue weighted by atomic mass is 10.0. The summed E-state index contributed by atoms with van der Waals surface area (Å²) < 4.78 is 10.4. The first-order valence-corrected chi connectivity index (χ1v) is 6.21. The quantitative estimate of drug-likeness (QED) is 0.455. The van der Waals surface area contributed by atoms with E-state index in [1.54, 1.807) is 0 Å². The third-order valence-corrected chi connectivity index (χ3v) is 2.44. The van der Waals surface area contributed by atoms with Crippen molar-refractivity contribution in [2.24, 2.45) is 0 Å². The lowest BCUT2D eigenvalue weighted by Crippen LogP contribution is -2.45. The van der Waals surface area contributed by atoms with Crippen LogP contribution in [-0.4, -0.2) is 61.4 Å². The molecule has 0 heterocycles. The first-order chi connectivity index (χ1) is 8.02. The third-order valence-electron chi connectivity index (χ3n) is 2.44. The topological polar surface area (TPSA) is 71.0 Å². The van der Waals surface area contributed by atoms with Crippen molar-refractivity contribution < 1.29 is 19.7 Å². The molecule has 0 amide bonds. The van der Waals surface area contributed by atoms with Gasteiger partial charge in [-0.1, -0.05) is 0 Å². The van der Waals surface area contributed by atoms with Crippen LogP contribution in [0.1, 0.15) is 27.2 Å². The number of hydrogen-bond donors (Lipinski definition) is 3. The van der Waals surface area contributed by atoms with Gasteiger partial charge in [0.2, 0.25) is 0 Å². The van der Waals surface area contributed by atoms with Crippen LogP contribution in [0.25, 0.3) is 0 Å². The molecule has 0 saturated carbocycles. The fraction of sp³-hybridized carbons (Fsp3) is 1.00. The summed E-state index contributed by atoms with van der Waals surface area (Å²) in [7, 11) is 0. The summed E-state index contributed by atoms with van der Waals surface area (Å²) in [4.78, 5) is 0. The molecule has 5 nitrogen and oxygen atoms in total. The summed E-state index contributed by atoms with van der Waals surface area (Å²) in [6.45, 7) is 8.57. The second-order valence-corrected chi connectivity index (χ2v) is 4.66. The SMILES string of the molecule is CCOCCOCC(O)CNC(C)(C)CCO. The van der Waals surface area contributed by atoms with E-state index in [1.807, 2.05) is 20.8 Å². The monoisotopic (exact) mass is 249 g/mol. The van der Waals surface area contributed by atoms with Gasteiger partial charge in [0, 0.05) is 25.3 Å². The smallest absolute Gasteiger partial charge is 0.0897 e. The van der Waals surface area contributed by atoms with Gasteiger partial charge in [0.15, 0.2) is 0 Å². The maximum absolute atomic E-state index is 9.65. The number of β-amino-alcohol motifs (C(OH)–C–C–N with tert-alkyl or cyclic N) is 1. The predicted octanol–water partition coefficient (Wildman–Crippen LogP) is 0.151. The lowest BCUT2D eigenvalue weighted by molar-refractivity contribution is 0.00416. The summed E-state index contributed by atoms with van der Waals surface area (Å²) in [5.74, 6) is 0. The number of aliphatic hydroxyl groups excluding tert-OH is 2. The Morgan fingerprint density at radius 1 is 1.24 bits per heavy atom. The molecule has 0 aliphatic heterocycles. The number of hydrogen-bond acceptors (Lipinski definition) is 5. The largest absolute Gasteiger partial charge is 0.396 e. The molecule has 0 bridgehead atoms. The van der Waals surface area contributed by atoms with Crippen molar-refractivity contribution >= 4 is 0 Å². The highest BCUT2D eigenvalue weighted by atomic mass is 16.5. The first-order valence-electron chi connectivity index (χ1n) is 6.21. The second kappa shape index (κ2) is 9.79. The molecule has 0 radical (unpaired) electrons. The number of ether oxygens (including phenoxy) is 2. The van der Waals surface area contributed by atoms with E-state index in [1.165, 1.54) is 0 Å². The van der Waals surface area contributed by atoms with Gasteiger partial charge in [-0.3, -0.25) is 0 Å². The van der Waals surface area contributed by atoms with E-state index in [0.717, 1.165) is 0 Å². The lowest BCUT2D eigenvalue weighted by Gasteiger charge is -2.27. The zero-order valence-electron chi connectivity index (χ0n) is 11.2. The van der Waals surface area contributed by atoms with Crippen LogP contribution in [0.3, 0.4) is 0 Å². The summed E-state index contributed by atoms with van der Waals surface area (Å²) >= 11 is 0. The minimum absolute atomic E-state index is 0.140. The molecule has 0 aliphatic rings. The van der Waals surface area contributed by atoms with Gasteiger partial charge in [-0.25, -0.2) is 0 Å². The fourth-order valence-electron chi connectivity index (χ4n) is 1.30. The highest BCUT2D eigenvalue weighted by Crippen LogP contribution is 2.06. The third kappa shape index (κ3) is 10.7. The Morgan fingerprint density at radius 2 is 1.88 bits per heavy atom. The Morgan fingerprint density at radius 3 is 2.47 bits per heavy atom. The zero-order chi connectivity index (χ0) is 13.1. The molecular formula is C12H27NO4. The maximum atomic E-state index is 9.65. The maximum Gasteiger partial charge on any atom is 0.0897 e. The molecule has 0 saturated heterocycles. The van der Waals surface area contributed by atoms with Crippen LogP contribution >= 0.6 is 0 Å². The van der Waals surface area contributed by atoms with Gasteiger partial charge in [0.05, 0.1) is 25.9 Å². The van der Waals surface area contributed by atoms with Crippen LogP contribution in [-0.2, 0) is 9.47 Å². The van der Waals surface area contributed by atoms with Crippen molar-refractivity contribution in [1.29, 1.82) is 0 Å². The van der Waals surface area contributed by atoms with Gasteiger partial charge in [0.1, 0.15) is 0 Å². The molecule has 0 aliphatic carbocycles. The minimum Gasteiger partial charge on any atom is -0.396 e. The van der Waals surface area contributed by atoms with E-state index < -0.39 is 6.10 Å². The molecule has 0 aromatic heterocycles. The van der Waals surface area contributed by atoms with Crippen molar-refractivity contribution in [2.75, 3.05) is 39.6 Å². The van der Waals surface area contributed by atoms with Crippen LogP contribution < -0.4 is 5.32 Å². The fourth-order valence-corrected chi connectivity index (χ4v) is 1.30. The normalized spacial score (nSPS) is 13.9. The molecule has 0 spiro atoms. The average Bonchev–Trinajstić information content (AvgIpc) is 2.26. The Balaban J connectivity index is 3.48. The standard InChI is InChI=1S/C12H27NO4/c1-4-16-7-8-17-10-11(15)9-13-12(2,3)5-6-14/h11,13-15H,4-10H2,1-3H3. The highest BCUT2D eigenvalue weighted by molar-refractivity contribution is 4.78. The van der Waals surface area contributed by atoms with E-state index in [9.17, 15) is 5.11 Å². The van der Waals surface area contributed by atoms with Gasteiger partial charge >= 0.3 is 0 Å². The highest BCUT2D eigenvalue weighted by Gasteiger charge is 2.17. The molecule has 0 rings (SSSR count).